The van der Waals surface area contributed by atoms with Crippen LogP contribution in [0.4, 0.5) is 4.79 Å². The third kappa shape index (κ3) is 4.18. The normalized spacial score (nSPS) is 20.3. The number of hydrogen-bond acceptors (Lipinski definition) is 3. The molecule has 1 heterocycles. The summed E-state index contributed by atoms with van der Waals surface area (Å²) in [6.45, 7) is 5.21. The van der Waals surface area contributed by atoms with E-state index in [9.17, 15) is 9.59 Å². The Hall–Kier alpha value is -1.30. The average Bonchev–Trinajstić information content (AvgIpc) is 2.26. The number of likely N-dealkylation sites (tertiary alicyclic amines) is 1. The van der Waals surface area contributed by atoms with Crippen molar-refractivity contribution in [2.45, 2.75) is 39.2 Å². The fourth-order valence-corrected chi connectivity index (χ4v) is 2.22. The van der Waals surface area contributed by atoms with E-state index in [0.29, 0.717) is 13.1 Å². The SMILES string of the molecule is CC1(C)CCCN(C(=O)N[C@@H](CCO)C(=O)O)C1. The Morgan fingerprint density at radius 2 is 2.11 bits per heavy atom. The summed E-state index contributed by atoms with van der Waals surface area (Å²) < 4.78 is 0. The molecule has 0 unspecified atom stereocenters. The molecule has 0 aliphatic carbocycles. The Morgan fingerprint density at radius 3 is 2.61 bits per heavy atom. The fraction of sp³-hybridized carbons (Fsp3) is 0.833. The number of piperidine rings is 1. The highest BCUT2D eigenvalue weighted by molar-refractivity contribution is 5.82. The predicted octanol–water partition coefficient (Wildman–Crippen LogP) is 0.654. The fourth-order valence-electron chi connectivity index (χ4n) is 2.22. The largest absolute Gasteiger partial charge is 0.480 e. The molecule has 1 aliphatic rings. The molecule has 6 heteroatoms. The second-order valence-corrected chi connectivity index (χ2v) is 5.54. The quantitative estimate of drug-likeness (QED) is 0.690. The van der Waals surface area contributed by atoms with Gasteiger partial charge in [0.15, 0.2) is 0 Å². The molecule has 2 amide bonds. The first kappa shape index (κ1) is 14.8. The van der Waals surface area contributed by atoms with Crippen molar-refractivity contribution in [3.63, 3.8) is 0 Å². The van der Waals surface area contributed by atoms with Crippen molar-refractivity contribution in [2.75, 3.05) is 19.7 Å². The average molecular weight is 258 g/mol. The Balaban J connectivity index is 2.55. The maximum absolute atomic E-state index is 11.9. The van der Waals surface area contributed by atoms with Gasteiger partial charge in [-0.2, -0.15) is 0 Å². The number of hydrogen-bond donors (Lipinski definition) is 3. The van der Waals surface area contributed by atoms with E-state index in [1.54, 1.807) is 4.90 Å². The molecule has 1 rings (SSSR count). The zero-order chi connectivity index (χ0) is 13.8. The molecule has 6 nitrogen and oxygen atoms in total. The molecular weight excluding hydrogens is 236 g/mol. The van der Waals surface area contributed by atoms with Gasteiger partial charge in [-0.05, 0) is 18.3 Å². The molecule has 18 heavy (non-hydrogen) atoms. The summed E-state index contributed by atoms with van der Waals surface area (Å²) in [7, 11) is 0. The smallest absolute Gasteiger partial charge is 0.326 e. The zero-order valence-corrected chi connectivity index (χ0v) is 11.0. The summed E-state index contributed by atoms with van der Waals surface area (Å²) in [5.74, 6) is -1.12. The van der Waals surface area contributed by atoms with Crippen LogP contribution in [0.1, 0.15) is 33.1 Å². The Kier molecular flexibility index (Phi) is 4.95. The van der Waals surface area contributed by atoms with Gasteiger partial charge in [-0.1, -0.05) is 13.8 Å². The molecule has 1 saturated heterocycles. The number of nitrogens with one attached hydrogen (secondary N) is 1. The molecule has 1 aliphatic heterocycles. The van der Waals surface area contributed by atoms with Crippen LogP contribution in [-0.2, 0) is 4.79 Å². The van der Waals surface area contributed by atoms with Crippen LogP contribution in [0.15, 0.2) is 0 Å². The van der Waals surface area contributed by atoms with Gasteiger partial charge < -0.3 is 20.4 Å². The van der Waals surface area contributed by atoms with E-state index in [1.165, 1.54) is 0 Å². The molecule has 0 aromatic carbocycles. The monoisotopic (exact) mass is 258 g/mol. The zero-order valence-electron chi connectivity index (χ0n) is 11.0. The lowest BCUT2D eigenvalue weighted by atomic mass is 9.84. The minimum absolute atomic E-state index is 0.0261. The maximum Gasteiger partial charge on any atom is 0.326 e. The molecule has 0 bridgehead atoms. The van der Waals surface area contributed by atoms with Crippen molar-refractivity contribution in [2.24, 2.45) is 5.41 Å². The highest BCUT2D eigenvalue weighted by Crippen LogP contribution is 2.28. The van der Waals surface area contributed by atoms with Gasteiger partial charge in [0.05, 0.1) is 0 Å². The molecular formula is C12H22N2O4. The van der Waals surface area contributed by atoms with Gasteiger partial charge in [-0.3, -0.25) is 0 Å². The number of carbonyl (C=O) groups excluding carboxylic acids is 1. The summed E-state index contributed by atoms with van der Waals surface area (Å²) in [5.41, 5.74) is 0.0747. The summed E-state index contributed by atoms with van der Waals surface area (Å²) in [6, 6.07) is -1.38. The first-order valence-corrected chi connectivity index (χ1v) is 6.25. The number of aliphatic hydroxyl groups excluding tert-OH is 1. The van der Waals surface area contributed by atoms with Crippen molar-refractivity contribution in [1.29, 1.82) is 0 Å². The van der Waals surface area contributed by atoms with Crippen LogP contribution >= 0.6 is 0 Å². The van der Waals surface area contributed by atoms with Crippen LogP contribution in [0.5, 0.6) is 0 Å². The molecule has 0 spiro atoms. The van der Waals surface area contributed by atoms with Crippen molar-refractivity contribution < 1.29 is 19.8 Å². The summed E-state index contributed by atoms with van der Waals surface area (Å²) >= 11 is 0. The number of carbonyl (C=O) groups is 2. The number of aliphatic carboxylic acids is 1. The third-order valence-electron chi connectivity index (χ3n) is 3.20. The highest BCUT2D eigenvalue weighted by atomic mass is 16.4. The van der Waals surface area contributed by atoms with Gasteiger partial charge in [0.2, 0.25) is 0 Å². The van der Waals surface area contributed by atoms with Gasteiger partial charge in [0, 0.05) is 26.1 Å². The van der Waals surface area contributed by atoms with Crippen molar-refractivity contribution in [3.05, 3.63) is 0 Å². The number of urea groups is 1. The molecule has 3 N–H and O–H groups in total. The number of carboxylic acid groups (broad SMARTS) is 1. The van der Waals surface area contributed by atoms with Crippen LogP contribution in [0.2, 0.25) is 0 Å². The molecule has 104 valence electrons. The molecule has 0 radical (unpaired) electrons. The molecule has 0 aromatic heterocycles. The van der Waals surface area contributed by atoms with Crippen molar-refractivity contribution >= 4 is 12.0 Å². The first-order valence-electron chi connectivity index (χ1n) is 6.25. The number of nitrogens with zero attached hydrogens (tertiary/aromatic N) is 1. The van der Waals surface area contributed by atoms with Crippen LogP contribution < -0.4 is 5.32 Å². The number of rotatable bonds is 4. The Bertz CT molecular complexity index is 317. The lowest BCUT2D eigenvalue weighted by Gasteiger charge is -2.38. The van der Waals surface area contributed by atoms with E-state index in [1.807, 2.05) is 0 Å². The second kappa shape index (κ2) is 6.04. The van der Waals surface area contributed by atoms with Crippen molar-refractivity contribution in [1.82, 2.24) is 10.2 Å². The molecule has 1 fully saturated rings. The van der Waals surface area contributed by atoms with E-state index in [-0.39, 0.29) is 24.5 Å². The van der Waals surface area contributed by atoms with E-state index in [0.717, 1.165) is 12.8 Å². The highest BCUT2D eigenvalue weighted by Gasteiger charge is 2.30. The minimum atomic E-state index is -1.12. The van der Waals surface area contributed by atoms with Crippen LogP contribution in [0.3, 0.4) is 0 Å². The predicted molar refractivity (Wildman–Crippen MR) is 66.2 cm³/mol. The van der Waals surface area contributed by atoms with Crippen LogP contribution in [0, 0.1) is 5.41 Å². The minimum Gasteiger partial charge on any atom is -0.480 e. The summed E-state index contributed by atoms with van der Waals surface area (Å²) in [6.07, 6.45) is 2.02. The van der Waals surface area contributed by atoms with Gasteiger partial charge in [-0.25, -0.2) is 9.59 Å². The van der Waals surface area contributed by atoms with E-state index in [2.05, 4.69) is 19.2 Å². The molecule has 0 saturated carbocycles. The van der Waals surface area contributed by atoms with Gasteiger partial charge in [0.25, 0.3) is 0 Å². The van der Waals surface area contributed by atoms with E-state index < -0.39 is 12.0 Å². The van der Waals surface area contributed by atoms with Crippen LogP contribution in [-0.4, -0.2) is 52.9 Å². The Labute approximate surface area is 107 Å². The van der Waals surface area contributed by atoms with E-state index >= 15 is 0 Å². The van der Waals surface area contributed by atoms with Gasteiger partial charge >= 0.3 is 12.0 Å². The summed E-state index contributed by atoms with van der Waals surface area (Å²) in [4.78, 5) is 24.5. The number of carboxylic acids is 1. The molecule has 0 aromatic rings. The molecule has 1 atom stereocenters. The number of amides is 2. The lowest BCUT2D eigenvalue weighted by molar-refractivity contribution is -0.139. The van der Waals surface area contributed by atoms with Crippen molar-refractivity contribution in [3.8, 4) is 0 Å². The standard InChI is InChI=1S/C12H22N2O4/c1-12(2)5-3-6-14(8-12)11(18)13-9(4-7-15)10(16)17/h9,15H,3-8H2,1-2H3,(H,13,18)(H,16,17)/t9-/m0/s1. The lowest BCUT2D eigenvalue weighted by Crippen LogP contribution is -2.52. The summed E-state index contributed by atoms with van der Waals surface area (Å²) in [5, 5.41) is 20.1. The topological polar surface area (TPSA) is 89.9 Å². The van der Waals surface area contributed by atoms with Gasteiger partial charge in [-0.15, -0.1) is 0 Å². The first-order chi connectivity index (χ1) is 8.35. The third-order valence-corrected chi connectivity index (χ3v) is 3.20. The second-order valence-electron chi connectivity index (χ2n) is 5.54. The van der Waals surface area contributed by atoms with Crippen LogP contribution in [0.25, 0.3) is 0 Å². The maximum atomic E-state index is 11.9. The van der Waals surface area contributed by atoms with Gasteiger partial charge in [0.1, 0.15) is 6.04 Å². The number of aliphatic hydroxyl groups is 1. The van der Waals surface area contributed by atoms with E-state index in [4.69, 9.17) is 10.2 Å². The Morgan fingerprint density at radius 1 is 1.44 bits per heavy atom.